The first-order valence-corrected chi connectivity index (χ1v) is 11.7. The van der Waals surface area contributed by atoms with Gasteiger partial charge in [0.25, 0.3) is 5.56 Å². The summed E-state index contributed by atoms with van der Waals surface area (Å²) in [4.78, 5) is 55.4. The second kappa shape index (κ2) is 10.9. The Kier molecular flexibility index (Phi) is 7.43. The summed E-state index contributed by atoms with van der Waals surface area (Å²) in [6, 6.07) is 19.4. The minimum atomic E-state index is -0.854. The Hall–Kier alpha value is -4.79. The lowest BCUT2D eigenvalue weighted by molar-refractivity contribution is -0.119. The maximum Gasteiger partial charge on any atom is 0.337 e. The van der Waals surface area contributed by atoms with Crippen molar-refractivity contribution >= 4 is 40.2 Å². The van der Waals surface area contributed by atoms with E-state index in [2.05, 4.69) is 15.6 Å². The monoisotopic (exact) mass is 498 g/mol. The first-order valence-electron chi connectivity index (χ1n) is 11.7. The van der Waals surface area contributed by atoms with E-state index in [9.17, 15) is 19.2 Å². The van der Waals surface area contributed by atoms with Crippen molar-refractivity contribution in [1.82, 2.24) is 9.55 Å². The van der Waals surface area contributed by atoms with Gasteiger partial charge in [0.1, 0.15) is 11.7 Å². The van der Waals surface area contributed by atoms with E-state index in [1.54, 1.807) is 72.8 Å². The number of methoxy groups -OCH3 is 1. The number of rotatable bonds is 7. The van der Waals surface area contributed by atoms with Crippen molar-refractivity contribution in [2.45, 2.75) is 26.3 Å². The molecule has 1 atom stereocenters. The molecular weight excluding hydrogens is 472 g/mol. The van der Waals surface area contributed by atoms with E-state index in [4.69, 9.17) is 4.74 Å². The molecule has 1 aromatic heterocycles. The lowest BCUT2D eigenvalue weighted by Gasteiger charge is -2.21. The molecule has 0 aliphatic rings. The number of amides is 2. The maximum absolute atomic E-state index is 13.9. The number of nitrogens with zero attached hydrogens (tertiary/aromatic N) is 2. The number of hydrogen-bond acceptors (Lipinski definition) is 6. The Morgan fingerprint density at radius 1 is 0.946 bits per heavy atom. The number of carbonyl (C=O) groups excluding carboxylic acids is 3. The summed E-state index contributed by atoms with van der Waals surface area (Å²) in [7, 11) is 1.30. The van der Waals surface area contributed by atoms with E-state index in [-0.39, 0.29) is 11.6 Å². The van der Waals surface area contributed by atoms with Crippen molar-refractivity contribution in [3.63, 3.8) is 0 Å². The highest BCUT2D eigenvalue weighted by Gasteiger charge is 2.25. The number of ether oxygens (including phenoxy) is 1. The minimum Gasteiger partial charge on any atom is -0.465 e. The first kappa shape index (κ1) is 25.3. The normalized spacial score (nSPS) is 11.5. The van der Waals surface area contributed by atoms with Gasteiger partial charge in [-0.3, -0.25) is 19.0 Å². The van der Waals surface area contributed by atoms with Crippen LogP contribution in [-0.2, 0) is 14.3 Å². The molecule has 0 bridgehead atoms. The van der Waals surface area contributed by atoms with Crippen LogP contribution in [0, 0.1) is 0 Å². The van der Waals surface area contributed by atoms with Gasteiger partial charge in [-0.25, -0.2) is 9.78 Å². The predicted octanol–water partition coefficient (Wildman–Crippen LogP) is 4.40. The summed E-state index contributed by atoms with van der Waals surface area (Å²) in [5.74, 6) is -1.16. The average molecular weight is 499 g/mol. The quantitative estimate of drug-likeness (QED) is 0.365. The molecular formula is C28H26N4O5. The third-order valence-electron chi connectivity index (χ3n) is 5.86. The zero-order chi connectivity index (χ0) is 26.5. The number of hydrogen-bond donors (Lipinski definition) is 2. The third-order valence-corrected chi connectivity index (χ3v) is 5.86. The van der Waals surface area contributed by atoms with E-state index >= 15 is 0 Å². The van der Waals surface area contributed by atoms with Gasteiger partial charge in [0.15, 0.2) is 0 Å². The molecule has 4 rings (SSSR count). The number of anilines is 2. The first-order chi connectivity index (χ1) is 17.8. The van der Waals surface area contributed by atoms with Crippen LogP contribution in [0.1, 0.15) is 36.7 Å². The fraction of sp³-hybridized carbons (Fsp3) is 0.179. The van der Waals surface area contributed by atoms with Gasteiger partial charge in [-0.05, 0) is 48.9 Å². The van der Waals surface area contributed by atoms with Crippen molar-refractivity contribution in [2.75, 3.05) is 17.7 Å². The van der Waals surface area contributed by atoms with Crippen LogP contribution in [-0.4, -0.2) is 34.4 Å². The largest absolute Gasteiger partial charge is 0.465 e. The smallest absolute Gasteiger partial charge is 0.337 e. The van der Waals surface area contributed by atoms with Crippen LogP contribution < -0.4 is 16.2 Å². The van der Waals surface area contributed by atoms with Gasteiger partial charge in [0.2, 0.25) is 11.8 Å². The Morgan fingerprint density at radius 2 is 1.62 bits per heavy atom. The fourth-order valence-corrected chi connectivity index (χ4v) is 4.15. The molecule has 4 aromatic rings. The molecule has 0 aliphatic carbocycles. The van der Waals surface area contributed by atoms with Gasteiger partial charge < -0.3 is 15.4 Å². The molecule has 0 aliphatic heterocycles. The van der Waals surface area contributed by atoms with Crippen LogP contribution in [0.4, 0.5) is 11.4 Å². The molecule has 0 saturated heterocycles. The van der Waals surface area contributed by atoms with Crippen molar-refractivity contribution in [2.24, 2.45) is 0 Å². The molecule has 0 spiro atoms. The number of esters is 1. The highest BCUT2D eigenvalue weighted by Crippen LogP contribution is 2.27. The van der Waals surface area contributed by atoms with Gasteiger partial charge in [-0.1, -0.05) is 37.3 Å². The summed E-state index contributed by atoms with van der Waals surface area (Å²) in [6.07, 6.45) is 0.326. The maximum atomic E-state index is 13.9. The van der Waals surface area contributed by atoms with Crippen molar-refractivity contribution in [1.29, 1.82) is 0 Å². The number of nitrogens with one attached hydrogen (secondary N) is 2. The minimum absolute atomic E-state index is 0.122. The van der Waals surface area contributed by atoms with Crippen LogP contribution in [0.5, 0.6) is 0 Å². The topological polar surface area (TPSA) is 119 Å². The second-order valence-corrected chi connectivity index (χ2v) is 8.33. The molecule has 9 heteroatoms. The van der Waals surface area contributed by atoms with E-state index in [1.807, 2.05) is 6.92 Å². The van der Waals surface area contributed by atoms with Crippen molar-refractivity contribution in [3.05, 3.63) is 88.7 Å². The van der Waals surface area contributed by atoms with E-state index in [1.165, 1.54) is 18.6 Å². The third kappa shape index (κ3) is 5.25. The highest BCUT2D eigenvalue weighted by molar-refractivity contribution is 5.97. The number of para-hydroxylation sites is 3. The van der Waals surface area contributed by atoms with Crippen molar-refractivity contribution in [3.8, 4) is 11.3 Å². The lowest BCUT2D eigenvalue weighted by atomic mass is 10.1. The fourth-order valence-electron chi connectivity index (χ4n) is 4.15. The van der Waals surface area contributed by atoms with Gasteiger partial charge in [-0.2, -0.15) is 0 Å². The molecule has 0 unspecified atom stereocenters. The second-order valence-electron chi connectivity index (χ2n) is 8.33. The summed E-state index contributed by atoms with van der Waals surface area (Å²) in [6.45, 7) is 3.20. The van der Waals surface area contributed by atoms with Gasteiger partial charge in [0.05, 0.1) is 29.4 Å². The Morgan fingerprint density at radius 3 is 2.30 bits per heavy atom. The van der Waals surface area contributed by atoms with Gasteiger partial charge in [-0.15, -0.1) is 0 Å². The molecule has 2 N–H and O–H groups in total. The molecule has 0 fully saturated rings. The summed E-state index contributed by atoms with van der Waals surface area (Å²) in [5, 5.41) is 5.58. The van der Waals surface area contributed by atoms with Gasteiger partial charge >= 0.3 is 5.97 Å². The molecule has 0 radical (unpaired) electrons. The SMILES string of the molecule is CC[C@@H](C(=O)Nc1ccc(C(=O)OC)cc1)n1c(=O)c(-c2ccccc2NC(C)=O)nc2ccccc21. The number of fused-ring (bicyclic) bond motifs is 1. The number of aromatic nitrogens is 2. The van der Waals surface area contributed by atoms with Crippen LogP contribution in [0.2, 0.25) is 0 Å². The van der Waals surface area contributed by atoms with E-state index < -0.39 is 23.5 Å². The van der Waals surface area contributed by atoms with Gasteiger partial charge in [0, 0.05) is 18.2 Å². The zero-order valence-electron chi connectivity index (χ0n) is 20.6. The molecule has 9 nitrogen and oxygen atoms in total. The Balaban J connectivity index is 1.80. The van der Waals surface area contributed by atoms with E-state index in [0.717, 1.165) is 0 Å². The molecule has 188 valence electrons. The standard InChI is InChI=1S/C28H26N4O5/c1-4-23(26(34)30-19-15-13-18(14-16-19)28(36)37-3)32-24-12-8-7-11-22(24)31-25(27(32)35)20-9-5-6-10-21(20)29-17(2)33/h5-16,23H,4H2,1-3H3,(H,29,33)(H,30,34)/t23-/m0/s1. The van der Waals surface area contributed by atoms with Crippen LogP contribution in [0.25, 0.3) is 22.3 Å². The summed E-state index contributed by atoms with van der Waals surface area (Å²) in [5.41, 5.74) is 2.43. The molecule has 37 heavy (non-hydrogen) atoms. The van der Waals surface area contributed by atoms with Crippen LogP contribution in [0.15, 0.2) is 77.6 Å². The molecule has 2 amide bonds. The lowest BCUT2D eigenvalue weighted by Crippen LogP contribution is -2.34. The predicted molar refractivity (Wildman–Crippen MR) is 141 cm³/mol. The number of benzene rings is 3. The summed E-state index contributed by atoms with van der Waals surface area (Å²) < 4.78 is 6.15. The molecule has 1 heterocycles. The Labute approximate surface area is 213 Å². The molecule has 0 saturated carbocycles. The van der Waals surface area contributed by atoms with Crippen LogP contribution in [0.3, 0.4) is 0 Å². The van der Waals surface area contributed by atoms with Crippen LogP contribution >= 0.6 is 0 Å². The number of carbonyl (C=O) groups is 3. The van der Waals surface area contributed by atoms with E-state index in [0.29, 0.717) is 40.0 Å². The Bertz CT molecular complexity index is 1540. The molecule has 3 aromatic carbocycles. The highest BCUT2D eigenvalue weighted by atomic mass is 16.5. The average Bonchev–Trinajstić information content (AvgIpc) is 2.90. The van der Waals surface area contributed by atoms with Crippen molar-refractivity contribution < 1.29 is 19.1 Å². The summed E-state index contributed by atoms with van der Waals surface area (Å²) >= 11 is 0. The zero-order valence-corrected chi connectivity index (χ0v) is 20.6.